The van der Waals surface area contributed by atoms with Crippen LogP contribution in [0.2, 0.25) is 0 Å². The number of hydrogen-bond donors (Lipinski definition) is 3. The third-order valence-electron chi connectivity index (χ3n) is 4.69. The van der Waals surface area contributed by atoms with Gasteiger partial charge in [-0.2, -0.15) is 10.1 Å². The number of anilines is 3. The monoisotopic (exact) mass is 361 g/mol. The minimum Gasteiger partial charge on any atom is -0.423 e. The average molecular weight is 361 g/mol. The zero-order chi connectivity index (χ0) is 18.8. The fourth-order valence-electron chi connectivity index (χ4n) is 3.41. The molecule has 2 heterocycles. The van der Waals surface area contributed by atoms with Crippen LogP contribution in [-0.2, 0) is 13.0 Å². The predicted octanol–water partition coefficient (Wildman–Crippen LogP) is 1.25. The Hall–Kier alpha value is -2.97. The molecule has 1 aromatic heterocycles. The molecule has 0 spiro atoms. The molecule has 3 N–H and O–H groups in total. The van der Waals surface area contributed by atoms with Crippen molar-refractivity contribution < 1.29 is 10.0 Å². The molecule has 0 saturated carbocycles. The molecule has 1 unspecified atom stereocenters. The average Bonchev–Trinajstić information content (AvgIpc) is 3.02. The Labute approximate surface area is 157 Å². The normalized spacial score (nSPS) is 15.5. The van der Waals surface area contributed by atoms with E-state index in [0.29, 0.717) is 23.8 Å². The van der Waals surface area contributed by atoms with Crippen molar-refractivity contribution in [3.05, 3.63) is 65.9 Å². The van der Waals surface area contributed by atoms with Gasteiger partial charge in [0, 0.05) is 18.3 Å². The van der Waals surface area contributed by atoms with Crippen LogP contribution in [0.1, 0.15) is 18.1 Å². The van der Waals surface area contributed by atoms with E-state index in [0.717, 1.165) is 17.7 Å². The summed E-state index contributed by atoms with van der Waals surface area (Å²) in [7, 11) is -1.48. The maximum absolute atomic E-state index is 9.30. The number of rotatable bonds is 5. The Balaban J connectivity index is 1.53. The Morgan fingerprint density at radius 2 is 2.04 bits per heavy atom. The van der Waals surface area contributed by atoms with E-state index in [9.17, 15) is 10.0 Å². The van der Waals surface area contributed by atoms with Crippen molar-refractivity contribution in [3.8, 4) is 0 Å². The molecule has 4 rings (SSSR count). The van der Waals surface area contributed by atoms with Gasteiger partial charge in [-0.15, -0.1) is 5.10 Å². The summed E-state index contributed by atoms with van der Waals surface area (Å²) >= 11 is 0. The Bertz CT molecular complexity index is 953. The highest BCUT2D eigenvalue weighted by Crippen LogP contribution is 2.36. The van der Waals surface area contributed by atoms with Gasteiger partial charge in [0.1, 0.15) is 0 Å². The molecule has 7 nitrogen and oxygen atoms in total. The molecule has 1 atom stereocenters. The Kier molecular flexibility index (Phi) is 4.74. The smallest absolute Gasteiger partial charge is 0.423 e. The van der Waals surface area contributed by atoms with Crippen molar-refractivity contribution in [1.29, 1.82) is 0 Å². The minimum absolute atomic E-state index is 0.266. The summed E-state index contributed by atoms with van der Waals surface area (Å²) < 4.78 is 0. The van der Waals surface area contributed by atoms with Gasteiger partial charge in [-0.05, 0) is 36.0 Å². The molecule has 8 heteroatoms. The quantitative estimate of drug-likeness (QED) is 0.589. The van der Waals surface area contributed by atoms with Crippen LogP contribution in [0.5, 0.6) is 0 Å². The number of fused-ring (bicyclic) bond motifs is 1. The highest BCUT2D eigenvalue weighted by atomic mass is 16.4. The molecule has 3 aromatic rings. The first-order valence-electron chi connectivity index (χ1n) is 8.87. The van der Waals surface area contributed by atoms with E-state index in [1.807, 2.05) is 18.2 Å². The summed E-state index contributed by atoms with van der Waals surface area (Å²) in [6.07, 6.45) is 2.54. The van der Waals surface area contributed by atoms with Crippen LogP contribution in [0.3, 0.4) is 0 Å². The fourth-order valence-corrected chi connectivity index (χ4v) is 3.41. The molecule has 136 valence electrons. The van der Waals surface area contributed by atoms with Crippen LogP contribution in [0.25, 0.3) is 0 Å². The van der Waals surface area contributed by atoms with Gasteiger partial charge in [-0.25, -0.2) is 0 Å². The zero-order valence-corrected chi connectivity index (χ0v) is 14.9. The lowest BCUT2D eigenvalue weighted by Gasteiger charge is -2.22. The summed E-state index contributed by atoms with van der Waals surface area (Å²) in [4.78, 5) is 6.73. The molecule has 0 fully saturated rings. The molecule has 0 radical (unpaired) electrons. The molecule has 0 saturated heterocycles. The van der Waals surface area contributed by atoms with Gasteiger partial charge in [0.2, 0.25) is 0 Å². The van der Waals surface area contributed by atoms with E-state index in [-0.39, 0.29) is 6.04 Å². The van der Waals surface area contributed by atoms with Gasteiger partial charge in [-0.1, -0.05) is 42.5 Å². The molecular weight excluding hydrogens is 341 g/mol. The van der Waals surface area contributed by atoms with Crippen molar-refractivity contribution >= 4 is 30.0 Å². The van der Waals surface area contributed by atoms with Crippen molar-refractivity contribution in [2.45, 2.75) is 25.9 Å². The van der Waals surface area contributed by atoms with Gasteiger partial charge in [-0.3, -0.25) is 0 Å². The van der Waals surface area contributed by atoms with E-state index >= 15 is 0 Å². The van der Waals surface area contributed by atoms with E-state index in [1.165, 1.54) is 5.56 Å². The van der Waals surface area contributed by atoms with Crippen molar-refractivity contribution in [2.75, 3.05) is 10.2 Å². The highest BCUT2D eigenvalue weighted by molar-refractivity contribution is 6.58. The fraction of sp³-hybridized carbons (Fsp3) is 0.211. The van der Waals surface area contributed by atoms with Gasteiger partial charge in [0.15, 0.2) is 5.82 Å². The second kappa shape index (κ2) is 7.34. The predicted molar refractivity (Wildman–Crippen MR) is 105 cm³/mol. The topological polar surface area (TPSA) is 94.4 Å². The SMILES string of the molecule is CC1Cc2ccccc2N1c1nncc(NCc2cccc(B(O)O)c2)n1. The van der Waals surface area contributed by atoms with Crippen molar-refractivity contribution in [3.63, 3.8) is 0 Å². The summed E-state index contributed by atoms with van der Waals surface area (Å²) in [5.41, 5.74) is 3.78. The molecule has 2 aromatic carbocycles. The Morgan fingerprint density at radius 3 is 2.89 bits per heavy atom. The molecule has 1 aliphatic heterocycles. The Morgan fingerprint density at radius 1 is 1.19 bits per heavy atom. The van der Waals surface area contributed by atoms with Crippen LogP contribution in [0.15, 0.2) is 54.7 Å². The summed E-state index contributed by atoms with van der Waals surface area (Å²) in [5, 5.41) is 30.1. The standard InChI is InChI=1S/C19H20BN5O2/c1-13-9-15-6-2-3-8-17(15)25(13)19-23-18(12-22-24-19)21-11-14-5-4-7-16(10-14)20(26)27/h2-8,10,12-13,26-27H,9,11H2,1H3,(H,21,23,24). The first-order valence-corrected chi connectivity index (χ1v) is 8.87. The van der Waals surface area contributed by atoms with E-state index < -0.39 is 7.12 Å². The second-order valence-corrected chi connectivity index (χ2v) is 6.67. The third kappa shape index (κ3) is 3.62. The van der Waals surface area contributed by atoms with E-state index in [4.69, 9.17) is 0 Å². The lowest BCUT2D eigenvalue weighted by atomic mass is 9.80. The summed E-state index contributed by atoms with van der Waals surface area (Å²) in [6.45, 7) is 2.64. The minimum atomic E-state index is -1.48. The van der Waals surface area contributed by atoms with Crippen molar-refractivity contribution in [1.82, 2.24) is 15.2 Å². The lowest BCUT2D eigenvalue weighted by molar-refractivity contribution is 0.425. The summed E-state index contributed by atoms with van der Waals surface area (Å²) in [6, 6.07) is 15.6. The van der Waals surface area contributed by atoms with Crippen LogP contribution < -0.4 is 15.7 Å². The van der Waals surface area contributed by atoms with Crippen LogP contribution in [0, 0.1) is 0 Å². The highest BCUT2D eigenvalue weighted by Gasteiger charge is 2.29. The van der Waals surface area contributed by atoms with Crippen LogP contribution >= 0.6 is 0 Å². The first-order chi connectivity index (χ1) is 13.1. The molecule has 0 amide bonds. The maximum Gasteiger partial charge on any atom is 0.488 e. The number of para-hydroxylation sites is 1. The number of aromatic nitrogens is 3. The van der Waals surface area contributed by atoms with Gasteiger partial charge < -0.3 is 20.3 Å². The largest absolute Gasteiger partial charge is 0.488 e. The lowest BCUT2D eigenvalue weighted by Crippen LogP contribution is -2.30. The third-order valence-corrected chi connectivity index (χ3v) is 4.69. The maximum atomic E-state index is 9.30. The first kappa shape index (κ1) is 17.4. The van der Waals surface area contributed by atoms with Gasteiger partial charge >= 0.3 is 7.12 Å². The number of nitrogens with zero attached hydrogens (tertiary/aromatic N) is 4. The summed E-state index contributed by atoms with van der Waals surface area (Å²) in [5.74, 6) is 1.18. The van der Waals surface area contributed by atoms with Crippen LogP contribution in [-0.4, -0.2) is 38.4 Å². The van der Waals surface area contributed by atoms with E-state index in [1.54, 1.807) is 24.4 Å². The molecule has 0 bridgehead atoms. The van der Waals surface area contributed by atoms with Crippen molar-refractivity contribution in [2.24, 2.45) is 0 Å². The zero-order valence-electron chi connectivity index (χ0n) is 14.9. The molecule has 27 heavy (non-hydrogen) atoms. The van der Waals surface area contributed by atoms with Crippen LogP contribution in [0.4, 0.5) is 17.5 Å². The number of benzene rings is 2. The van der Waals surface area contributed by atoms with E-state index in [2.05, 4.69) is 44.5 Å². The van der Waals surface area contributed by atoms with Gasteiger partial charge in [0.05, 0.1) is 6.20 Å². The van der Waals surface area contributed by atoms with Gasteiger partial charge in [0.25, 0.3) is 5.95 Å². The molecular formula is C19H20BN5O2. The number of nitrogens with one attached hydrogen (secondary N) is 1. The molecule has 0 aliphatic carbocycles. The molecule has 1 aliphatic rings. The second-order valence-electron chi connectivity index (χ2n) is 6.67. The number of hydrogen-bond acceptors (Lipinski definition) is 7.